The van der Waals surface area contributed by atoms with Crippen molar-refractivity contribution in [3.8, 4) is 11.1 Å². The second-order valence-electron chi connectivity index (χ2n) is 38.0. The lowest BCUT2D eigenvalue weighted by molar-refractivity contribution is 0.475. The summed E-state index contributed by atoms with van der Waals surface area (Å²) in [6, 6.07) is 135. The topological polar surface area (TPSA) is 13.0 Å². The SMILES string of the molecule is CCCCCCCCc1cc(N(c2ccccc2)c2ccccc2)c2ccccc2c1C(CC)(CC)c1c(CCCCCCCC)cc(N(c2ccccc2)c2ccc(-c3ccc(N(c4ccccc4)c4cc(CCCCCCCC)c(C(CC)(CC)c5c(CCCCCCCC)cc(N(c6ccccc6)c6ccccc6)c6ccccc56)c5ccccc45)cc3)cc2)c2ccccc12. The molecule has 0 saturated carbocycles. The molecule has 0 aliphatic heterocycles. The van der Waals surface area contributed by atoms with Gasteiger partial charge in [-0.05, 0) is 276 Å². The third-order valence-corrected chi connectivity index (χ3v) is 29.6. The molecular weight excluding hydrogens is 1620 g/mol. The summed E-state index contributed by atoms with van der Waals surface area (Å²) in [5, 5.41) is 10.6. The summed E-state index contributed by atoms with van der Waals surface area (Å²) in [7, 11) is 0. The molecule has 4 heteroatoms. The molecule has 0 radical (unpaired) electrons. The number of rotatable bonds is 49. The molecule has 0 unspecified atom stereocenters. The van der Waals surface area contributed by atoms with Gasteiger partial charge < -0.3 is 19.6 Å². The largest absolute Gasteiger partial charge is 0.310 e. The normalized spacial score (nSPS) is 11.8. The van der Waals surface area contributed by atoms with E-state index in [-0.39, 0.29) is 10.8 Å². The van der Waals surface area contributed by atoms with Gasteiger partial charge in [0.05, 0.1) is 22.7 Å². The van der Waals surface area contributed by atoms with E-state index < -0.39 is 0 Å². The monoisotopic (exact) mass is 1760 g/mol. The Morgan fingerprint density at radius 1 is 0.164 bits per heavy atom. The highest BCUT2D eigenvalue weighted by atomic mass is 15.2. The highest BCUT2D eigenvalue weighted by molar-refractivity contribution is 6.08. The van der Waals surface area contributed by atoms with Crippen molar-refractivity contribution in [1.29, 1.82) is 0 Å². The first-order valence-electron chi connectivity index (χ1n) is 52.1. The first kappa shape index (κ1) is 94.9. The van der Waals surface area contributed by atoms with E-state index in [0.717, 1.165) is 99.8 Å². The molecule has 0 amide bonds. The molecule has 16 aromatic rings. The van der Waals surface area contributed by atoms with Crippen molar-refractivity contribution in [2.24, 2.45) is 0 Å². The summed E-state index contributed by atoms with van der Waals surface area (Å²) in [4.78, 5) is 10.2. The van der Waals surface area contributed by atoms with Crippen LogP contribution in [0, 0.1) is 0 Å². The molecule has 134 heavy (non-hydrogen) atoms. The van der Waals surface area contributed by atoms with Crippen molar-refractivity contribution in [2.75, 3.05) is 19.6 Å². The first-order chi connectivity index (χ1) is 66.2. The van der Waals surface area contributed by atoms with Crippen molar-refractivity contribution < 1.29 is 0 Å². The number of fused-ring (bicyclic) bond motifs is 4. The average molecular weight is 1760 g/mol. The minimum Gasteiger partial charge on any atom is -0.310 e. The summed E-state index contributed by atoms with van der Waals surface area (Å²) >= 11 is 0. The fourth-order valence-electron chi connectivity index (χ4n) is 22.8. The van der Waals surface area contributed by atoms with Gasteiger partial charge in [-0.2, -0.15) is 0 Å². The zero-order chi connectivity index (χ0) is 92.3. The van der Waals surface area contributed by atoms with E-state index in [4.69, 9.17) is 0 Å². The second-order valence-corrected chi connectivity index (χ2v) is 38.0. The molecule has 0 aromatic heterocycles. The molecule has 0 saturated heterocycles. The van der Waals surface area contributed by atoms with Crippen LogP contribution in [0.15, 0.2) is 352 Å². The lowest BCUT2D eigenvalue weighted by Crippen LogP contribution is -2.31. The van der Waals surface area contributed by atoms with Crippen LogP contribution >= 0.6 is 0 Å². The van der Waals surface area contributed by atoms with Crippen LogP contribution in [0.3, 0.4) is 0 Å². The Bertz CT molecular complexity index is 5880. The third kappa shape index (κ3) is 21.0. The van der Waals surface area contributed by atoms with Gasteiger partial charge >= 0.3 is 0 Å². The van der Waals surface area contributed by atoms with Gasteiger partial charge in [-0.3, -0.25) is 0 Å². The molecule has 686 valence electrons. The summed E-state index contributed by atoms with van der Waals surface area (Å²) in [6.07, 6.45) is 37.6. The van der Waals surface area contributed by atoms with E-state index in [9.17, 15) is 0 Å². The Morgan fingerprint density at radius 2 is 0.328 bits per heavy atom. The molecule has 0 bridgehead atoms. The molecule has 4 nitrogen and oxygen atoms in total. The molecule has 0 aliphatic rings. The van der Waals surface area contributed by atoms with Gasteiger partial charge in [0.25, 0.3) is 0 Å². The van der Waals surface area contributed by atoms with Crippen LogP contribution in [0.1, 0.15) is 280 Å². The number of para-hydroxylation sites is 6. The summed E-state index contributed by atoms with van der Waals surface area (Å²) in [5.41, 5.74) is 27.8. The maximum atomic E-state index is 2.68. The van der Waals surface area contributed by atoms with E-state index in [1.165, 1.54) is 273 Å². The van der Waals surface area contributed by atoms with Crippen LogP contribution in [0.4, 0.5) is 68.2 Å². The summed E-state index contributed by atoms with van der Waals surface area (Å²) in [6.45, 7) is 19.4. The highest BCUT2D eigenvalue weighted by Crippen LogP contribution is 2.57. The van der Waals surface area contributed by atoms with Crippen LogP contribution < -0.4 is 19.6 Å². The number of hydrogen-bond acceptors (Lipinski definition) is 4. The molecular formula is C130H146N4. The average Bonchev–Trinajstić information content (AvgIpc) is 0.713. The number of benzene rings is 16. The first-order valence-corrected chi connectivity index (χ1v) is 52.1. The van der Waals surface area contributed by atoms with Crippen LogP contribution in [-0.4, -0.2) is 0 Å². The van der Waals surface area contributed by atoms with Gasteiger partial charge in [0.1, 0.15) is 0 Å². The van der Waals surface area contributed by atoms with E-state index >= 15 is 0 Å². The zero-order valence-electron chi connectivity index (χ0n) is 81.9. The Balaban J connectivity index is 0.817. The van der Waals surface area contributed by atoms with Gasteiger partial charge in [-0.25, -0.2) is 0 Å². The molecule has 0 fully saturated rings. The van der Waals surface area contributed by atoms with E-state index in [0.29, 0.717) is 0 Å². The van der Waals surface area contributed by atoms with Crippen molar-refractivity contribution >= 4 is 111 Å². The van der Waals surface area contributed by atoms with Crippen LogP contribution in [0.2, 0.25) is 0 Å². The Labute approximate surface area is 804 Å². The lowest BCUT2D eigenvalue weighted by atomic mass is 9.64. The Morgan fingerprint density at radius 3 is 0.515 bits per heavy atom. The number of hydrogen-bond donors (Lipinski definition) is 0. The van der Waals surface area contributed by atoms with E-state index in [1.807, 2.05) is 0 Å². The number of nitrogens with zero attached hydrogens (tertiary/aromatic N) is 4. The predicted molar refractivity (Wildman–Crippen MR) is 585 cm³/mol. The summed E-state index contributed by atoms with van der Waals surface area (Å²) < 4.78 is 0. The van der Waals surface area contributed by atoms with Gasteiger partial charge in [-0.1, -0.05) is 414 Å². The minimum absolute atomic E-state index is 0.342. The van der Waals surface area contributed by atoms with Crippen molar-refractivity contribution in [1.82, 2.24) is 0 Å². The van der Waals surface area contributed by atoms with Crippen LogP contribution in [-0.2, 0) is 36.5 Å². The van der Waals surface area contributed by atoms with E-state index in [1.54, 1.807) is 0 Å². The number of unbranched alkanes of at least 4 members (excludes halogenated alkanes) is 20. The number of aryl methyl sites for hydroxylation is 4. The molecule has 0 atom stereocenters. The van der Waals surface area contributed by atoms with E-state index in [2.05, 4.69) is 427 Å². The standard InChI is InChI=1S/C130H146N4/c1-9-17-21-25-29-39-63-101-95-121(131(105-67-43-33-44-68-105)106-69-45-34-46-70-106)113-79-55-59-83-117(113)125(101)129(13-5,14-6)127-103(65-41-31-27-23-19-11-3)97-123(115-81-57-61-85-119(115)127)133(109-75-51-37-52-76-109)111-91-87-99(88-92-111)100-89-93-112(94-90-100)134(110-77-53-38-54-78-110)124-98-104(66-42-32-28-24-20-12-4)128(120-86-62-58-82-116(120)124)130(15-7,16-8)126-102(64-40-30-26-22-18-10-2)96-122(114-80-56-60-84-118(114)126)132(107-71-47-35-48-72-107)108-73-49-36-50-74-108/h33-38,43-62,67-98H,9-32,39-42,63-66H2,1-8H3. The third-order valence-electron chi connectivity index (χ3n) is 29.6. The predicted octanol–water partition coefficient (Wildman–Crippen LogP) is 39.7. The van der Waals surface area contributed by atoms with Crippen LogP contribution in [0.5, 0.6) is 0 Å². The zero-order valence-corrected chi connectivity index (χ0v) is 81.9. The fraction of sp³-hybridized carbons (Fsp3) is 0.323. The molecule has 0 N–H and O–H groups in total. The Kier molecular flexibility index (Phi) is 33.4. The number of anilines is 12. The Hall–Kier alpha value is -12.2. The molecule has 16 rings (SSSR count). The lowest BCUT2D eigenvalue weighted by Gasteiger charge is -2.41. The van der Waals surface area contributed by atoms with Gasteiger partial charge in [0.15, 0.2) is 0 Å². The van der Waals surface area contributed by atoms with Gasteiger partial charge in [0.2, 0.25) is 0 Å². The molecule has 0 aliphatic carbocycles. The fourth-order valence-corrected chi connectivity index (χ4v) is 22.8. The van der Waals surface area contributed by atoms with Gasteiger partial charge in [0, 0.05) is 77.9 Å². The minimum atomic E-state index is -0.342. The maximum Gasteiger partial charge on any atom is 0.0542 e. The van der Waals surface area contributed by atoms with Crippen molar-refractivity contribution in [2.45, 2.75) is 272 Å². The van der Waals surface area contributed by atoms with Crippen molar-refractivity contribution in [3.05, 3.63) is 396 Å². The van der Waals surface area contributed by atoms with Gasteiger partial charge in [-0.15, -0.1) is 0 Å². The molecule has 0 heterocycles. The molecule has 0 spiro atoms. The maximum absolute atomic E-state index is 2.68. The second kappa shape index (κ2) is 47.1. The molecule has 16 aromatic carbocycles. The summed E-state index contributed by atoms with van der Waals surface area (Å²) in [5.74, 6) is 0. The quantitative estimate of drug-likeness (QED) is 0.0352. The van der Waals surface area contributed by atoms with Crippen LogP contribution in [0.25, 0.3) is 54.2 Å². The van der Waals surface area contributed by atoms with Crippen molar-refractivity contribution in [3.63, 3.8) is 0 Å². The highest BCUT2D eigenvalue weighted by Gasteiger charge is 2.42. The smallest absolute Gasteiger partial charge is 0.0542 e.